The Morgan fingerprint density at radius 3 is 1.75 bits per heavy atom. The number of hydrogen-bond donors (Lipinski definition) is 2. The minimum absolute atomic E-state index is 0.125. The number of rotatable bonds is 7. The summed E-state index contributed by atoms with van der Waals surface area (Å²) in [6.45, 7) is 2.62. The lowest BCUT2D eigenvalue weighted by atomic mass is 10.3. The summed E-state index contributed by atoms with van der Waals surface area (Å²) in [5.41, 5.74) is 0. The summed E-state index contributed by atoms with van der Waals surface area (Å²) in [6.07, 6.45) is 0.564. The van der Waals surface area contributed by atoms with Crippen molar-refractivity contribution < 1.29 is 29.2 Å². The fourth-order valence-electron chi connectivity index (χ4n) is 1.36. The van der Waals surface area contributed by atoms with Crippen molar-refractivity contribution in [2.45, 2.75) is 12.2 Å². The second-order valence-electron chi connectivity index (χ2n) is 4.45. The van der Waals surface area contributed by atoms with Crippen molar-refractivity contribution in [3.8, 4) is 11.5 Å². The Morgan fingerprint density at radius 2 is 1.40 bits per heavy atom. The Balaban J connectivity index is 0.000000328. The van der Waals surface area contributed by atoms with Crippen molar-refractivity contribution >= 4 is 0 Å². The van der Waals surface area contributed by atoms with Gasteiger partial charge >= 0.3 is 0 Å². The first-order valence-corrected chi connectivity index (χ1v) is 6.62. The first-order valence-electron chi connectivity index (χ1n) is 6.62. The molecule has 0 aromatic heterocycles. The maximum absolute atomic E-state index is 7.62. The van der Waals surface area contributed by atoms with E-state index in [1.165, 1.54) is 0 Å². The standard InChI is InChI=1S/C12H14O4.C2H6O2/c1-2-9(13-5-11-7-15-11)4-10(3-1)14-6-12-8-16-12;3-1-2-4/h1-4,11-12H,5-8H2;3-4H,1-2H2. The Morgan fingerprint density at radius 1 is 0.950 bits per heavy atom. The van der Waals surface area contributed by atoms with Gasteiger partial charge in [-0.1, -0.05) is 6.07 Å². The highest BCUT2D eigenvalue weighted by Crippen LogP contribution is 2.22. The maximum Gasteiger partial charge on any atom is 0.123 e. The van der Waals surface area contributed by atoms with Gasteiger partial charge in [0.05, 0.1) is 26.4 Å². The Bertz CT molecular complexity index is 356. The van der Waals surface area contributed by atoms with E-state index in [4.69, 9.17) is 29.2 Å². The zero-order valence-corrected chi connectivity index (χ0v) is 11.2. The molecule has 0 aliphatic carbocycles. The van der Waals surface area contributed by atoms with E-state index < -0.39 is 0 Å². The van der Waals surface area contributed by atoms with E-state index in [9.17, 15) is 0 Å². The molecule has 1 aromatic rings. The van der Waals surface area contributed by atoms with Gasteiger partial charge in [0.1, 0.15) is 36.9 Å². The number of epoxide rings is 2. The van der Waals surface area contributed by atoms with E-state index >= 15 is 0 Å². The fraction of sp³-hybridized carbons (Fsp3) is 0.571. The molecule has 2 saturated heterocycles. The van der Waals surface area contributed by atoms with Crippen LogP contribution in [0, 0.1) is 0 Å². The third-order valence-corrected chi connectivity index (χ3v) is 2.58. The van der Waals surface area contributed by atoms with E-state index in [0.717, 1.165) is 24.7 Å². The van der Waals surface area contributed by atoms with Crippen molar-refractivity contribution in [2.24, 2.45) is 0 Å². The van der Waals surface area contributed by atoms with Crippen LogP contribution < -0.4 is 9.47 Å². The van der Waals surface area contributed by atoms with Gasteiger partial charge in [-0.15, -0.1) is 0 Å². The average Bonchev–Trinajstić information content (AvgIpc) is 3.38. The number of ether oxygens (including phenoxy) is 4. The molecule has 0 bridgehead atoms. The van der Waals surface area contributed by atoms with Crippen molar-refractivity contribution in [1.29, 1.82) is 0 Å². The van der Waals surface area contributed by atoms with Gasteiger partial charge in [0.25, 0.3) is 0 Å². The molecular weight excluding hydrogens is 264 g/mol. The first kappa shape index (κ1) is 15.1. The van der Waals surface area contributed by atoms with Crippen LogP contribution >= 0.6 is 0 Å². The maximum atomic E-state index is 7.62. The molecule has 20 heavy (non-hydrogen) atoms. The van der Waals surface area contributed by atoms with Crippen LogP contribution in [0.3, 0.4) is 0 Å². The largest absolute Gasteiger partial charge is 0.491 e. The van der Waals surface area contributed by atoms with Crippen LogP contribution in [0.2, 0.25) is 0 Å². The number of hydrogen-bond acceptors (Lipinski definition) is 6. The summed E-state index contributed by atoms with van der Waals surface area (Å²) in [5.74, 6) is 1.65. The van der Waals surface area contributed by atoms with E-state index in [-0.39, 0.29) is 25.4 Å². The summed E-state index contributed by atoms with van der Waals surface area (Å²) in [7, 11) is 0. The van der Waals surface area contributed by atoms with E-state index in [1.807, 2.05) is 24.3 Å². The Labute approximate surface area is 117 Å². The average molecular weight is 284 g/mol. The van der Waals surface area contributed by atoms with Gasteiger partial charge in [0.2, 0.25) is 0 Å². The summed E-state index contributed by atoms with van der Waals surface area (Å²) >= 11 is 0. The lowest BCUT2D eigenvalue weighted by Crippen LogP contribution is -2.06. The van der Waals surface area contributed by atoms with E-state index in [0.29, 0.717) is 13.2 Å². The summed E-state index contributed by atoms with van der Waals surface area (Å²) in [6, 6.07) is 7.66. The van der Waals surface area contributed by atoms with Gasteiger partial charge in [-0.3, -0.25) is 0 Å². The van der Waals surface area contributed by atoms with Gasteiger partial charge < -0.3 is 29.2 Å². The molecule has 0 amide bonds. The summed E-state index contributed by atoms with van der Waals surface area (Å²) in [5, 5.41) is 15.2. The van der Waals surface area contributed by atoms with Crippen molar-refractivity contribution in [2.75, 3.05) is 39.6 Å². The van der Waals surface area contributed by atoms with Gasteiger partial charge in [0.15, 0.2) is 0 Å². The molecule has 2 aliphatic rings. The van der Waals surface area contributed by atoms with Crippen LogP contribution in [0.4, 0.5) is 0 Å². The predicted octanol–water partition coefficient (Wildman–Crippen LogP) is 0.213. The monoisotopic (exact) mass is 284 g/mol. The molecule has 2 unspecified atom stereocenters. The molecule has 0 radical (unpaired) electrons. The molecule has 2 aliphatic heterocycles. The molecule has 1 aromatic carbocycles. The molecule has 112 valence electrons. The molecule has 6 heteroatoms. The van der Waals surface area contributed by atoms with E-state index in [1.54, 1.807) is 0 Å². The van der Waals surface area contributed by atoms with Crippen LogP contribution in [0.1, 0.15) is 0 Å². The molecule has 0 spiro atoms. The van der Waals surface area contributed by atoms with Crippen LogP contribution in [0.25, 0.3) is 0 Å². The molecule has 2 heterocycles. The highest BCUT2D eigenvalue weighted by Gasteiger charge is 2.24. The molecular formula is C14H20O6. The third kappa shape index (κ3) is 6.21. The van der Waals surface area contributed by atoms with Crippen LogP contribution in [0.15, 0.2) is 24.3 Å². The molecule has 2 fully saturated rings. The lowest BCUT2D eigenvalue weighted by Gasteiger charge is -2.07. The highest BCUT2D eigenvalue weighted by molar-refractivity contribution is 5.33. The number of benzene rings is 1. The first-order chi connectivity index (χ1) is 9.81. The van der Waals surface area contributed by atoms with E-state index in [2.05, 4.69) is 0 Å². The zero-order chi connectivity index (χ0) is 14.2. The van der Waals surface area contributed by atoms with Crippen molar-refractivity contribution in [3.05, 3.63) is 24.3 Å². The number of aliphatic hydroxyl groups is 2. The van der Waals surface area contributed by atoms with Gasteiger partial charge in [-0.05, 0) is 12.1 Å². The lowest BCUT2D eigenvalue weighted by molar-refractivity contribution is 0.186. The highest BCUT2D eigenvalue weighted by atomic mass is 16.6. The Kier molecular flexibility index (Phi) is 6.07. The van der Waals surface area contributed by atoms with Crippen LogP contribution in [0.5, 0.6) is 11.5 Å². The molecule has 2 N–H and O–H groups in total. The molecule has 2 atom stereocenters. The van der Waals surface area contributed by atoms with Crippen LogP contribution in [-0.4, -0.2) is 62.1 Å². The predicted molar refractivity (Wildman–Crippen MR) is 71.1 cm³/mol. The van der Waals surface area contributed by atoms with Crippen LogP contribution in [-0.2, 0) is 9.47 Å². The Hall–Kier alpha value is -1.34. The normalized spacial score (nSPS) is 22.5. The SMILES string of the molecule is OCCO.c1cc(OCC2CO2)cc(OCC2CO2)c1. The van der Waals surface area contributed by atoms with Gasteiger partial charge in [-0.25, -0.2) is 0 Å². The topological polar surface area (TPSA) is 84.0 Å². The fourth-order valence-corrected chi connectivity index (χ4v) is 1.36. The van der Waals surface area contributed by atoms with Crippen molar-refractivity contribution in [3.63, 3.8) is 0 Å². The summed E-state index contributed by atoms with van der Waals surface area (Å²) in [4.78, 5) is 0. The molecule has 0 saturated carbocycles. The van der Waals surface area contributed by atoms with Gasteiger partial charge in [-0.2, -0.15) is 0 Å². The van der Waals surface area contributed by atoms with Crippen molar-refractivity contribution in [1.82, 2.24) is 0 Å². The second kappa shape index (κ2) is 8.06. The van der Waals surface area contributed by atoms with Gasteiger partial charge in [0, 0.05) is 6.07 Å². The minimum atomic E-state index is -0.125. The zero-order valence-electron chi connectivity index (χ0n) is 11.2. The number of aliphatic hydroxyl groups excluding tert-OH is 2. The molecule has 3 rings (SSSR count). The minimum Gasteiger partial charge on any atom is -0.491 e. The smallest absolute Gasteiger partial charge is 0.123 e. The third-order valence-electron chi connectivity index (χ3n) is 2.58. The molecule has 6 nitrogen and oxygen atoms in total. The second-order valence-corrected chi connectivity index (χ2v) is 4.45. The quantitative estimate of drug-likeness (QED) is 0.697. The summed E-state index contributed by atoms with van der Waals surface area (Å²) < 4.78 is 21.3.